The number of carbonyl (C=O) groups excluding carboxylic acids is 1. The number of aromatic nitrogens is 2. The van der Waals surface area contributed by atoms with Crippen molar-refractivity contribution < 1.29 is 4.79 Å². The highest BCUT2D eigenvalue weighted by molar-refractivity contribution is 6.26. The largest absolute Gasteiger partial charge is 0.363 e. The van der Waals surface area contributed by atoms with Crippen molar-refractivity contribution in [2.24, 2.45) is 5.92 Å². The number of amides is 1. The van der Waals surface area contributed by atoms with Crippen LogP contribution in [0.25, 0.3) is 22.0 Å². The van der Waals surface area contributed by atoms with Gasteiger partial charge in [-0.1, -0.05) is 19.9 Å². The first-order valence-electron chi connectivity index (χ1n) is 10.6. The van der Waals surface area contributed by atoms with E-state index in [1.165, 1.54) is 0 Å². The van der Waals surface area contributed by atoms with Crippen LogP contribution in [-0.2, 0) is 0 Å². The number of nitrogens with zero attached hydrogens (tertiary/aromatic N) is 4. The molecule has 30 heavy (non-hydrogen) atoms. The topological polar surface area (TPSA) is 49.3 Å². The van der Waals surface area contributed by atoms with Crippen molar-refractivity contribution in [1.29, 1.82) is 0 Å². The van der Waals surface area contributed by atoms with Gasteiger partial charge in [-0.3, -0.25) is 9.78 Å². The lowest BCUT2D eigenvalue weighted by Gasteiger charge is -2.27. The van der Waals surface area contributed by atoms with Gasteiger partial charge in [-0.05, 0) is 56.9 Å². The molecule has 0 spiro atoms. The molecule has 0 aliphatic carbocycles. The molecule has 0 radical (unpaired) electrons. The van der Waals surface area contributed by atoms with Gasteiger partial charge < -0.3 is 9.80 Å². The Bertz CT molecular complexity index is 1150. The monoisotopic (exact) mass is 402 g/mol. The smallest absolute Gasteiger partial charge is 0.259 e. The first kappa shape index (κ1) is 20.3. The van der Waals surface area contributed by atoms with Crippen molar-refractivity contribution in [3.8, 4) is 11.1 Å². The fourth-order valence-electron chi connectivity index (χ4n) is 4.56. The van der Waals surface area contributed by atoms with Crippen LogP contribution in [-0.4, -0.2) is 36.0 Å². The summed E-state index contributed by atoms with van der Waals surface area (Å²) in [6.07, 6.45) is 2.88. The van der Waals surface area contributed by atoms with E-state index < -0.39 is 0 Å². The second-order valence-corrected chi connectivity index (χ2v) is 9.07. The Morgan fingerprint density at radius 2 is 1.73 bits per heavy atom. The van der Waals surface area contributed by atoms with E-state index in [-0.39, 0.29) is 11.9 Å². The zero-order valence-corrected chi connectivity index (χ0v) is 18.9. The van der Waals surface area contributed by atoms with Gasteiger partial charge in [0.05, 0.1) is 16.8 Å². The minimum Gasteiger partial charge on any atom is -0.363 e. The van der Waals surface area contributed by atoms with Crippen LogP contribution in [0.5, 0.6) is 0 Å². The molecule has 1 aliphatic rings. The Morgan fingerprint density at radius 1 is 1.03 bits per heavy atom. The standard InChI is InChI=1S/C25H30N4O/c1-14(2)10-17(5)29-21-12-16(4)27-24-18(8-9-19(23(21)24)25(29)30)20-13-26-22(28(6)7)11-15(20)3/h8-9,11-14,17H,10H2,1-7H3. The SMILES string of the molecule is Cc1cc2c3c(ccc(-c4cnc(N(C)C)cc4C)c3n1)C(=O)N2C(C)CC(C)C. The molecule has 1 amide bonds. The van der Waals surface area contributed by atoms with Crippen LogP contribution in [0.1, 0.15) is 48.8 Å². The molecule has 156 valence electrons. The molecule has 2 aromatic heterocycles. The summed E-state index contributed by atoms with van der Waals surface area (Å²) >= 11 is 0. The number of hydrogen-bond donors (Lipinski definition) is 0. The molecule has 3 heterocycles. The highest BCUT2D eigenvalue weighted by Gasteiger charge is 2.35. The molecule has 0 fully saturated rings. The van der Waals surface area contributed by atoms with E-state index in [0.717, 1.165) is 56.8 Å². The molecule has 0 bridgehead atoms. The molecule has 5 nitrogen and oxygen atoms in total. The third-order valence-corrected chi connectivity index (χ3v) is 5.87. The molecule has 1 aliphatic heterocycles. The maximum absolute atomic E-state index is 13.3. The summed E-state index contributed by atoms with van der Waals surface area (Å²) in [6.45, 7) is 10.6. The lowest BCUT2D eigenvalue weighted by atomic mass is 9.97. The number of pyridine rings is 2. The number of benzene rings is 1. The minimum atomic E-state index is 0.0832. The number of hydrogen-bond acceptors (Lipinski definition) is 4. The van der Waals surface area contributed by atoms with Gasteiger partial charge in [0.2, 0.25) is 0 Å². The fourth-order valence-corrected chi connectivity index (χ4v) is 4.56. The highest BCUT2D eigenvalue weighted by atomic mass is 16.2. The van der Waals surface area contributed by atoms with E-state index in [1.54, 1.807) is 0 Å². The predicted molar refractivity (Wildman–Crippen MR) is 125 cm³/mol. The van der Waals surface area contributed by atoms with Crippen molar-refractivity contribution in [2.75, 3.05) is 23.9 Å². The third kappa shape index (κ3) is 3.22. The molecule has 1 unspecified atom stereocenters. The van der Waals surface area contributed by atoms with Crippen molar-refractivity contribution in [2.45, 2.75) is 47.1 Å². The molecule has 5 heteroatoms. The maximum Gasteiger partial charge on any atom is 0.259 e. The molecular formula is C25H30N4O. The second kappa shape index (κ2) is 7.38. The van der Waals surface area contributed by atoms with E-state index in [4.69, 9.17) is 4.98 Å². The van der Waals surface area contributed by atoms with E-state index in [0.29, 0.717) is 5.92 Å². The van der Waals surface area contributed by atoms with Gasteiger partial charge in [0.25, 0.3) is 5.91 Å². The minimum absolute atomic E-state index is 0.0832. The van der Waals surface area contributed by atoms with Gasteiger partial charge in [0, 0.05) is 48.5 Å². The van der Waals surface area contributed by atoms with Gasteiger partial charge in [-0.2, -0.15) is 0 Å². The Kier molecular flexibility index (Phi) is 5.00. The molecule has 0 N–H and O–H groups in total. The molecule has 1 atom stereocenters. The molecule has 0 saturated heterocycles. The summed E-state index contributed by atoms with van der Waals surface area (Å²) in [5.41, 5.74) is 6.77. The number of anilines is 2. The van der Waals surface area contributed by atoms with Crippen LogP contribution in [0.3, 0.4) is 0 Å². The summed E-state index contributed by atoms with van der Waals surface area (Å²) in [4.78, 5) is 26.8. The predicted octanol–water partition coefficient (Wildman–Crippen LogP) is 5.37. The summed E-state index contributed by atoms with van der Waals surface area (Å²) in [5, 5.41) is 0.967. The van der Waals surface area contributed by atoms with E-state index in [1.807, 2.05) is 49.1 Å². The number of rotatable bonds is 5. The quantitative estimate of drug-likeness (QED) is 0.575. The van der Waals surface area contributed by atoms with Gasteiger partial charge in [0.1, 0.15) is 5.82 Å². The van der Waals surface area contributed by atoms with Crippen molar-refractivity contribution >= 4 is 28.3 Å². The van der Waals surface area contributed by atoms with Crippen molar-refractivity contribution in [3.05, 3.63) is 47.3 Å². The zero-order chi connectivity index (χ0) is 21.7. The van der Waals surface area contributed by atoms with Crippen molar-refractivity contribution in [3.63, 3.8) is 0 Å². The summed E-state index contributed by atoms with van der Waals surface area (Å²) in [7, 11) is 3.98. The number of carbonyl (C=O) groups is 1. The molecule has 0 saturated carbocycles. The van der Waals surface area contributed by atoms with Crippen LogP contribution in [0.15, 0.2) is 30.5 Å². The maximum atomic E-state index is 13.3. The molecular weight excluding hydrogens is 372 g/mol. The summed E-state index contributed by atoms with van der Waals surface area (Å²) in [6, 6.07) is 8.27. The van der Waals surface area contributed by atoms with E-state index in [2.05, 4.69) is 44.8 Å². The van der Waals surface area contributed by atoms with E-state index >= 15 is 0 Å². The van der Waals surface area contributed by atoms with Crippen LogP contribution in [0, 0.1) is 19.8 Å². The Hall–Kier alpha value is -2.95. The highest BCUT2D eigenvalue weighted by Crippen LogP contribution is 2.43. The fraction of sp³-hybridized carbons (Fsp3) is 0.400. The van der Waals surface area contributed by atoms with Crippen LogP contribution < -0.4 is 9.80 Å². The molecule has 4 rings (SSSR count). The van der Waals surface area contributed by atoms with Crippen LogP contribution in [0.4, 0.5) is 11.5 Å². The normalized spacial score (nSPS) is 14.1. The van der Waals surface area contributed by atoms with Gasteiger partial charge >= 0.3 is 0 Å². The third-order valence-electron chi connectivity index (χ3n) is 5.87. The van der Waals surface area contributed by atoms with Gasteiger partial charge in [-0.15, -0.1) is 0 Å². The molecule has 1 aromatic carbocycles. The van der Waals surface area contributed by atoms with E-state index in [9.17, 15) is 4.79 Å². The van der Waals surface area contributed by atoms with Crippen LogP contribution in [0.2, 0.25) is 0 Å². The Morgan fingerprint density at radius 3 is 2.37 bits per heavy atom. The van der Waals surface area contributed by atoms with Gasteiger partial charge in [-0.25, -0.2) is 4.98 Å². The average molecular weight is 403 g/mol. The lowest BCUT2D eigenvalue weighted by molar-refractivity contribution is 0.0982. The average Bonchev–Trinajstić information content (AvgIpc) is 2.94. The summed E-state index contributed by atoms with van der Waals surface area (Å²) < 4.78 is 0. The number of aryl methyl sites for hydroxylation is 2. The summed E-state index contributed by atoms with van der Waals surface area (Å²) in [5.74, 6) is 1.53. The van der Waals surface area contributed by atoms with Gasteiger partial charge in [0.15, 0.2) is 0 Å². The first-order valence-corrected chi connectivity index (χ1v) is 10.6. The second-order valence-electron chi connectivity index (χ2n) is 9.07. The van der Waals surface area contributed by atoms with Crippen LogP contribution >= 0.6 is 0 Å². The molecule has 3 aromatic rings. The Labute approximate surface area is 178 Å². The zero-order valence-electron chi connectivity index (χ0n) is 18.9. The lowest BCUT2D eigenvalue weighted by Crippen LogP contribution is -2.36. The van der Waals surface area contributed by atoms with Crippen molar-refractivity contribution in [1.82, 2.24) is 9.97 Å². The first-order chi connectivity index (χ1) is 14.2. The Balaban J connectivity index is 1.93.